The number of rotatable bonds is 6. The average Bonchev–Trinajstić information content (AvgIpc) is 2.89. The van der Waals surface area contributed by atoms with E-state index in [1.165, 1.54) is 9.21 Å². The Morgan fingerprint density at radius 1 is 1.21 bits per heavy atom. The van der Waals surface area contributed by atoms with Gasteiger partial charge in [-0.3, -0.25) is 9.59 Å². The van der Waals surface area contributed by atoms with Crippen LogP contribution in [0.15, 0.2) is 23.1 Å². The van der Waals surface area contributed by atoms with Crippen molar-refractivity contribution in [3.63, 3.8) is 0 Å². The number of benzene rings is 1. The molecule has 0 radical (unpaired) electrons. The molecule has 0 unspecified atom stereocenters. The van der Waals surface area contributed by atoms with Crippen molar-refractivity contribution < 1.29 is 18.0 Å². The molecular weight excluding hydrogens is 390 g/mol. The van der Waals surface area contributed by atoms with E-state index < -0.39 is 15.4 Å². The van der Waals surface area contributed by atoms with Gasteiger partial charge >= 0.3 is 0 Å². The van der Waals surface area contributed by atoms with Gasteiger partial charge in [-0.05, 0) is 63.8 Å². The predicted molar refractivity (Wildman–Crippen MR) is 112 cm³/mol. The first-order chi connectivity index (χ1) is 13.6. The van der Waals surface area contributed by atoms with Crippen molar-refractivity contribution in [2.24, 2.45) is 0 Å². The first-order valence-corrected chi connectivity index (χ1v) is 11.8. The van der Waals surface area contributed by atoms with Crippen LogP contribution in [0.25, 0.3) is 0 Å². The quantitative estimate of drug-likeness (QED) is 0.764. The second-order valence-electron chi connectivity index (χ2n) is 8.54. The molecule has 1 N–H and O–H groups in total. The van der Waals surface area contributed by atoms with Crippen molar-refractivity contribution in [2.75, 3.05) is 24.5 Å². The molecule has 2 aliphatic heterocycles. The minimum absolute atomic E-state index is 0.0322. The Morgan fingerprint density at radius 3 is 2.48 bits per heavy atom. The number of nitrogens with one attached hydrogen (secondary N) is 1. The van der Waals surface area contributed by atoms with Crippen LogP contribution in [-0.4, -0.2) is 50.2 Å². The Bertz CT molecular complexity index is 905. The molecule has 1 aromatic rings. The van der Waals surface area contributed by atoms with E-state index in [0.717, 1.165) is 25.7 Å². The molecule has 2 heterocycles. The van der Waals surface area contributed by atoms with Crippen molar-refractivity contribution >= 4 is 27.5 Å². The molecule has 8 heteroatoms. The summed E-state index contributed by atoms with van der Waals surface area (Å²) in [5.74, 6) is -0.416. The van der Waals surface area contributed by atoms with Gasteiger partial charge in [0.1, 0.15) is 6.54 Å². The largest absolute Gasteiger partial charge is 0.352 e. The Hall–Kier alpha value is -1.93. The molecular formula is C21H31N3O4S. The highest BCUT2D eigenvalue weighted by molar-refractivity contribution is 7.89. The SMILES string of the molecule is CC[C@@H](C)NC(=O)CN1C(=O)C(C)(C)c2cc(S(=O)(=O)N3CCCCC3)ccc21. The molecule has 2 aliphatic rings. The van der Waals surface area contributed by atoms with E-state index in [4.69, 9.17) is 0 Å². The van der Waals surface area contributed by atoms with E-state index in [1.54, 1.807) is 32.0 Å². The molecule has 0 aliphatic carbocycles. The summed E-state index contributed by atoms with van der Waals surface area (Å²) in [4.78, 5) is 27.1. The molecule has 0 saturated carbocycles. The molecule has 1 saturated heterocycles. The van der Waals surface area contributed by atoms with E-state index in [2.05, 4.69) is 5.32 Å². The number of piperidine rings is 1. The van der Waals surface area contributed by atoms with Gasteiger partial charge in [-0.15, -0.1) is 0 Å². The molecule has 0 bridgehead atoms. The first-order valence-electron chi connectivity index (χ1n) is 10.3. The number of carbonyl (C=O) groups excluding carboxylic acids is 2. The Labute approximate surface area is 173 Å². The van der Waals surface area contributed by atoms with Crippen LogP contribution in [0.2, 0.25) is 0 Å². The lowest BCUT2D eigenvalue weighted by Crippen LogP contribution is -2.44. The highest BCUT2D eigenvalue weighted by Crippen LogP contribution is 2.42. The molecule has 1 atom stereocenters. The van der Waals surface area contributed by atoms with E-state index >= 15 is 0 Å². The summed E-state index contributed by atoms with van der Waals surface area (Å²) in [6.07, 6.45) is 3.59. The number of nitrogens with zero attached hydrogens (tertiary/aromatic N) is 2. The third-order valence-electron chi connectivity index (χ3n) is 5.99. The van der Waals surface area contributed by atoms with Gasteiger partial charge in [0, 0.05) is 24.8 Å². The Kier molecular flexibility index (Phi) is 6.06. The van der Waals surface area contributed by atoms with E-state index in [1.807, 2.05) is 13.8 Å². The van der Waals surface area contributed by atoms with E-state index in [9.17, 15) is 18.0 Å². The fourth-order valence-electron chi connectivity index (χ4n) is 3.95. The number of hydrogen-bond donors (Lipinski definition) is 1. The van der Waals surface area contributed by atoms with E-state index in [0.29, 0.717) is 24.3 Å². The van der Waals surface area contributed by atoms with Crippen molar-refractivity contribution in [1.29, 1.82) is 0 Å². The predicted octanol–water partition coefficient (Wildman–Crippen LogP) is 2.40. The van der Waals surface area contributed by atoms with Crippen LogP contribution in [0.4, 0.5) is 5.69 Å². The van der Waals surface area contributed by atoms with Crippen LogP contribution in [0, 0.1) is 0 Å². The molecule has 0 aromatic heterocycles. The van der Waals surface area contributed by atoms with E-state index in [-0.39, 0.29) is 29.3 Å². The topological polar surface area (TPSA) is 86.8 Å². The number of hydrogen-bond acceptors (Lipinski definition) is 4. The van der Waals surface area contributed by atoms with Crippen LogP contribution in [0.5, 0.6) is 0 Å². The second kappa shape index (κ2) is 8.07. The first kappa shape index (κ1) is 21.8. The third-order valence-corrected chi connectivity index (χ3v) is 7.88. The Balaban J connectivity index is 1.91. The van der Waals surface area contributed by atoms with Crippen LogP contribution in [0.3, 0.4) is 0 Å². The molecule has 1 fully saturated rings. The zero-order chi connectivity index (χ0) is 21.4. The van der Waals surface area contributed by atoms with Crippen LogP contribution >= 0.6 is 0 Å². The summed E-state index contributed by atoms with van der Waals surface area (Å²) in [7, 11) is -3.59. The number of fused-ring (bicyclic) bond motifs is 1. The van der Waals surface area contributed by atoms with Crippen molar-refractivity contribution in [3.05, 3.63) is 23.8 Å². The van der Waals surface area contributed by atoms with Gasteiger partial charge in [-0.1, -0.05) is 13.3 Å². The molecule has 29 heavy (non-hydrogen) atoms. The highest BCUT2D eigenvalue weighted by atomic mass is 32.2. The summed E-state index contributed by atoms with van der Waals surface area (Å²) in [6.45, 7) is 8.44. The van der Waals surface area contributed by atoms with Gasteiger partial charge in [0.15, 0.2) is 0 Å². The standard InChI is InChI=1S/C21H31N3O4S/c1-5-15(2)22-19(25)14-24-18-10-9-16(13-17(18)21(3,4)20(24)26)29(27,28)23-11-7-6-8-12-23/h9-10,13,15H,5-8,11-12,14H2,1-4H3,(H,22,25)/t15-/m1/s1. The fourth-order valence-corrected chi connectivity index (χ4v) is 5.49. The maximum atomic E-state index is 13.1. The lowest BCUT2D eigenvalue weighted by Gasteiger charge is -2.26. The molecule has 7 nitrogen and oxygen atoms in total. The monoisotopic (exact) mass is 421 g/mol. The zero-order valence-electron chi connectivity index (χ0n) is 17.7. The summed E-state index contributed by atoms with van der Waals surface area (Å²) < 4.78 is 27.6. The fraction of sp³-hybridized carbons (Fsp3) is 0.619. The molecule has 0 spiro atoms. The lowest BCUT2D eigenvalue weighted by molar-refractivity contribution is -0.125. The second-order valence-corrected chi connectivity index (χ2v) is 10.5. The maximum Gasteiger partial charge on any atom is 0.243 e. The molecule has 2 amide bonds. The van der Waals surface area contributed by atoms with Crippen molar-refractivity contribution in [3.8, 4) is 0 Å². The van der Waals surface area contributed by atoms with Gasteiger partial charge in [-0.25, -0.2) is 8.42 Å². The van der Waals surface area contributed by atoms with Crippen LogP contribution < -0.4 is 10.2 Å². The van der Waals surface area contributed by atoms with Gasteiger partial charge in [0.2, 0.25) is 21.8 Å². The zero-order valence-corrected chi connectivity index (χ0v) is 18.5. The van der Waals surface area contributed by atoms with Gasteiger partial charge < -0.3 is 10.2 Å². The maximum absolute atomic E-state index is 13.1. The summed E-state index contributed by atoms with van der Waals surface area (Å²) >= 11 is 0. The highest BCUT2D eigenvalue weighted by Gasteiger charge is 2.45. The minimum Gasteiger partial charge on any atom is -0.352 e. The smallest absolute Gasteiger partial charge is 0.243 e. The molecule has 1 aromatic carbocycles. The number of amides is 2. The average molecular weight is 422 g/mol. The summed E-state index contributed by atoms with van der Waals surface area (Å²) in [6, 6.07) is 4.86. The minimum atomic E-state index is -3.59. The lowest BCUT2D eigenvalue weighted by atomic mass is 9.86. The van der Waals surface area contributed by atoms with Crippen molar-refractivity contribution in [2.45, 2.75) is 69.7 Å². The number of anilines is 1. The summed E-state index contributed by atoms with van der Waals surface area (Å²) in [5, 5.41) is 2.88. The van der Waals surface area contributed by atoms with Gasteiger partial charge in [0.25, 0.3) is 0 Å². The number of carbonyl (C=O) groups is 2. The van der Waals surface area contributed by atoms with Gasteiger partial charge in [0.05, 0.1) is 10.3 Å². The van der Waals surface area contributed by atoms with Crippen LogP contribution in [-0.2, 0) is 25.0 Å². The molecule has 3 rings (SSSR count). The third kappa shape index (κ3) is 4.05. The summed E-state index contributed by atoms with van der Waals surface area (Å²) in [5.41, 5.74) is 0.369. The normalized spacial score (nSPS) is 20.4. The molecule has 160 valence electrons. The van der Waals surface area contributed by atoms with Crippen molar-refractivity contribution in [1.82, 2.24) is 9.62 Å². The Morgan fingerprint density at radius 2 is 1.86 bits per heavy atom. The number of sulfonamides is 1. The van der Waals surface area contributed by atoms with Gasteiger partial charge in [-0.2, -0.15) is 4.31 Å². The van der Waals surface area contributed by atoms with Crippen LogP contribution in [0.1, 0.15) is 58.9 Å².